The summed E-state index contributed by atoms with van der Waals surface area (Å²) in [5, 5.41) is 51.2. The van der Waals surface area contributed by atoms with E-state index in [1.54, 1.807) is 30.3 Å². The van der Waals surface area contributed by atoms with Crippen LogP contribution < -0.4 is 5.32 Å². The molecule has 188 valence electrons. The minimum absolute atomic E-state index is 0.0617. The quantitative estimate of drug-likeness (QED) is 0.221. The van der Waals surface area contributed by atoms with E-state index in [2.05, 4.69) is 5.32 Å². The fraction of sp³-hybridized carbons (Fsp3) is 0.545. The highest BCUT2D eigenvalue weighted by Gasteiger charge is 2.44. The minimum Gasteiger partial charge on any atom is -0.481 e. The number of ether oxygens (including phenoxy) is 1. The van der Waals surface area contributed by atoms with Crippen LogP contribution in [0.1, 0.15) is 31.7 Å². The Morgan fingerprint density at radius 2 is 1.62 bits per heavy atom. The molecule has 12 heteroatoms. The molecular weight excluding hydrogens is 452 g/mol. The van der Waals surface area contributed by atoms with Crippen LogP contribution in [-0.4, -0.2) is 97.3 Å². The molecule has 0 aliphatic carbocycles. The molecule has 0 aromatic heterocycles. The second-order valence-corrected chi connectivity index (χ2v) is 8.12. The van der Waals surface area contributed by atoms with E-state index in [-0.39, 0.29) is 6.54 Å². The molecule has 0 radical (unpaired) electrons. The van der Waals surface area contributed by atoms with Crippen molar-refractivity contribution in [2.45, 2.75) is 69.3 Å². The highest BCUT2D eigenvalue weighted by Crippen LogP contribution is 2.26. The number of hydrogen-bond acceptors (Lipinski definition) is 8. The number of rotatable bonds is 11. The van der Waals surface area contributed by atoms with Gasteiger partial charge in [0.2, 0.25) is 11.8 Å². The van der Waals surface area contributed by atoms with Crippen molar-refractivity contribution in [1.29, 1.82) is 0 Å². The lowest BCUT2D eigenvalue weighted by Crippen LogP contribution is -2.60. The van der Waals surface area contributed by atoms with E-state index in [0.717, 1.165) is 10.5 Å². The fourth-order valence-corrected chi connectivity index (χ4v) is 3.71. The van der Waals surface area contributed by atoms with E-state index in [0.29, 0.717) is 0 Å². The number of carbonyl (C=O) groups excluding carboxylic acids is 2. The topological polar surface area (TPSA) is 194 Å². The van der Waals surface area contributed by atoms with Crippen molar-refractivity contribution in [3.63, 3.8) is 0 Å². The third kappa shape index (κ3) is 7.48. The number of nitrogens with one attached hydrogen (secondary N) is 1. The Hall–Kier alpha value is -3.06. The van der Waals surface area contributed by atoms with Gasteiger partial charge in [-0.25, -0.2) is 0 Å². The number of aliphatic carboxylic acids is 2. The monoisotopic (exact) mass is 482 g/mol. The summed E-state index contributed by atoms with van der Waals surface area (Å²) in [6.07, 6.45) is -8.23. The summed E-state index contributed by atoms with van der Waals surface area (Å²) in [5.41, 5.74) is 0.734. The molecule has 2 amide bonds. The number of benzene rings is 1. The highest BCUT2D eigenvalue weighted by atomic mass is 16.5. The zero-order valence-corrected chi connectivity index (χ0v) is 18.6. The molecule has 12 nitrogen and oxygen atoms in total. The third-order valence-electron chi connectivity index (χ3n) is 5.57. The molecule has 2 rings (SSSR count). The molecule has 1 saturated heterocycles. The van der Waals surface area contributed by atoms with Crippen molar-refractivity contribution in [2.75, 3.05) is 6.54 Å². The number of aliphatic hydroxyl groups is 3. The van der Waals surface area contributed by atoms with E-state index in [1.807, 2.05) is 0 Å². The molecule has 1 aromatic carbocycles. The zero-order valence-electron chi connectivity index (χ0n) is 18.6. The fourth-order valence-electron chi connectivity index (χ4n) is 3.71. The first-order valence-corrected chi connectivity index (χ1v) is 10.8. The largest absolute Gasteiger partial charge is 0.481 e. The number of aliphatic hydroxyl groups excluding tert-OH is 3. The van der Waals surface area contributed by atoms with Crippen molar-refractivity contribution < 1.29 is 49.4 Å². The molecular formula is C22H30N2O10. The van der Waals surface area contributed by atoms with Gasteiger partial charge in [-0.05, 0) is 12.5 Å². The minimum atomic E-state index is -1.61. The molecule has 34 heavy (non-hydrogen) atoms. The summed E-state index contributed by atoms with van der Waals surface area (Å²) in [6.45, 7) is 0.613. The van der Waals surface area contributed by atoms with Crippen LogP contribution in [0.3, 0.4) is 0 Å². The first-order chi connectivity index (χ1) is 16.0. The average Bonchev–Trinajstić information content (AvgIpc) is 2.80. The van der Waals surface area contributed by atoms with Crippen LogP contribution in [0, 0.1) is 0 Å². The number of carboxylic acid groups (broad SMARTS) is 2. The molecule has 1 aliphatic heterocycles. The van der Waals surface area contributed by atoms with Gasteiger partial charge in [-0.15, -0.1) is 0 Å². The number of amides is 2. The summed E-state index contributed by atoms with van der Waals surface area (Å²) in [6, 6.07) is 7.32. The molecule has 1 aromatic rings. The van der Waals surface area contributed by atoms with Gasteiger partial charge in [-0.1, -0.05) is 30.3 Å². The summed E-state index contributed by atoms with van der Waals surface area (Å²) in [5.74, 6) is -4.34. The number of carboxylic acids is 2. The van der Waals surface area contributed by atoms with E-state index in [1.165, 1.54) is 6.92 Å². The van der Waals surface area contributed by atoms with Gasteiger partial charge in [-0.2, -0.15) is 0 Å². The highest BCUT2D eigenvalue weighted by molar-refractivity contribution is 5.90. The van der Waals surface area contributed by atoms with Crippen molar-refractivity contribution in [1.82, 2.24) is 10.2 Å². The summed E-state index contributed by atoms with van der Waals surface area (Å²) in [4.78, 5) is 49.0. The number of nitrogens with zero attached hydrogens (tertiary/aromatic N) is 1. The number of carbonyl (C=O) groups is 4. The zero-order chi connectivity index (χ0) is 25.4. The maximum absolute atomic E-state index is 13.1. The molecule has 0 saturated carbocycles. The average molecular weight is 482 g/mol. The van der Waals surface area contributed by atoms with Crippen LogP contribution in [0.15, 0.2) is 30.3 Å². The summed E-state index contributed by atoms with van der Waals surface area (Å²) >= 11 is 0. The molecule has 1 aliphatic rings. The Morgan fingerprint density at radius 1 is 0.971 bits per heavy atom. The molecule has 0 spiro atoms. The van der Waals surface area contributed by atoms with Gasteiger partial charge < -0.3 is 40.5 Å². The van der Waals surface area contributed by atoms with E-state index in [4.69, 9.17) is 9.84 Å². The van der Waals surface area contributed by atoms with Gasteiger partial charge in [0.15, 0.2) is 0 Å². The molecule has 6 atom stereocenters. The maximum atomic E-state index is 13.1. The van der Waals surface area contributed by atoms with Gasteiger partial charge in [0.1, 0.15) is 30.9 Å². The first-order valence-electron chi connectivity index (χ1n) is 10.8. The van der Waals surface area contributed by atoms with Crippen LogP contribution in [0.25, 0.3) is 0 Å². The van der Waals surface area contributed by atoms with Gasteiger partial charge in [0.05, 0.1) is 18.6 Å². The normalized spacial score (nSPS) is 25.2. The molecule has 1 heterocycles. The SMILES string of the molecule is CC1O[C@@H](CC(C(=O)NCc2ccccc2)N(CC(=O)O)C(=O)CCC(=O)O)C(O)C(O)[C@@H]1O. The van der Waals surface area contributed by atoms with Gasteiger partial charge >= 0.3 is 11.9 Å². The Balaban J connectivity index is 2.30. The Kier molecular flexibility index (Phi) is 9.93. The summed E-state index contributed by atoms with van der Waals surface area (Å²) < 4.78 is 5.54. The molecule has 0 bridgehead atoms. The molecule has 6 N–H and O–H groups in total. The Labute approximate surface area is 195 Å². The maximum Gasteiger partial charge on any atom is 0.323 e. The van der Waals surface area contributed by atoms with Crippen LogP contribution in [0.2, 0.25) is 0 Å². The smallest absolute Gasteiger partial charge is 0.323 e. The van der Waals surface area contributed by atoms with Crippen molar-refractivity contribution in [3.8, 4) is 0 Å². The lowest BCUT2D eigenvalue weighted by atomic mass is 9.91. The van der Waals surface area contributed by atoms with Crippen molar-refractivity contribution >= 4 is 23.8 Å². The number of hydrogen-bond donors (Lipinski definition) is 6. The van der Waals surface area contributed by atoms with E-state index < -0.39 is 86.1 Å². The Morgan fingerprint density at radius 3 is 2.21 bits per heavy atom. The predicted octanol–water partition coefficient (Wildman–Crippen LogP) is -1.29. The molecule has 4 unspecified atom stereocenters. The lowest BCUT2D eigenvalue weighted by molar-refractivity contribution is -0.221. The van der Waals surface area contributed by atoms with E-state index in [9.17, 15) is 39.6 Å². The second-order valence-electron chi connectivity index (χ2n) is 8.12. The molecule has 1 fully saturated rings. The summed E-state index contributed by atoms with van der Waals surface area (Å²) in [7, 11) is 0. The van der Waals surface area contributed by atoms with Crippen molar-refractivity contribution in [2.24, 2.45) is 0 Å². The van der Waals surface area contributed by atoms with Crippen LogP contribution >= 0.6 is 0 Å². The lowest BCUT2D eigenvalue weighted by Gasteiger charge is -2.41. The van der Waals surface area contributed by atoms with Gasteiger partial charge in [0, 0.05) is 19.4 Å². The first kappa shape index (κ1) is 27.2. The third-order valence-corrected chi connectivity index (χ3v) is 5.57. The Bertz CT molecular complexity index is 865. The van der Waals surface area contributed by atoms with Gasteiger partial charge in [0.25, 0.3) is 0 Å². The van der Waals surface area contributed by atoms with Gasteiger partial charge in [-0.3, -0.25) is 19.2 Å². The van der Waals surface area contributed by atoms with E-state index >= 15 is 0 Å². The second kappa shape index (κ2) is 12.4. The van der Waals surface area contributed by atoms with Crippen LogP contribution in [-0.2, 0) is 30.5 Å². The van der Waals surface area contributed by atoms with Crippen LogP contribution in [0.5, 0.6) is 0 Å². The predicted molar refractivity (Wildman–Crippen MR) is 115 cm³/mol. The van der Waals surface area contributed by atoms with Crippen molar-refractivity contribution in [3.05, 3.63) is 35.9 Å². The standard InChI is InChI=1S/C22H30N2O10/c1-12-19(30)21(32)20(31)15(34-12)9-14(22(33)23-10-13-5-3-2-4-6-13)24(11-18(28)29)16(25)7-8-17(26)27/h2-6,12,14-15,19-21,30-32H,7-11H2,1H3,(H,23,33)(H,26,27)(H,28,29)/t12?,14?,15-,19+,20?,21?/m0/s1. The van der Waals surface area contributed by atoms with Crippen LogP contribution in [0.4, 0.5) is 0 Å².